The Hall–Kier alpha value is -3.43. The van der Waals surface area contributed by atoms with Gasteiger partial charge in [-0.2, -0.15) is 0 Å². The number of fused-ring (bicyclic) bond motifs is 1. The highest BCUT2D eigenvalue weighted by Gasteiger charge is 2.27. The zero-order chi connectivity index (χ0) is 25.6. The van der Waals surface area contributed by atoms with E-state index < -0.39 is 28.7 Å². The zero-order valence-corrected chi connectivity index (χ0v) is 20.6. The fourth-order valence-corrected chi connectivity index (χ4v) is 5.87. The number of carbonyl (C=O) groups excluding carboxylic acids is 1. The standard InChI is InChI=1S/C27H24F3N3O2S/c1-15-14-16(6-8-19(15)28)25(35)23-18-7-9-22(34)33(24-20(29)4-3-5-21(24)30)27(18)36-26(23)31-17-10-12-32(2)13-11-17/h3-9,14,17,31H,10-13H2,1-2H3. The number of carbonyl (C=O) groups is 1. The summed E-state index contributed by atoms with van der Waals surface area (Å²) < 4.78 is 44.4. The van der Waals surface area contributed by atoms with Crippen molar-refractivity contribution in [3.8, 4) is 5.69 Å². The molecule has 5 nitrogen and oxygen atoms in total. The van der Waals surface area contributed by atoms with Gasteiger partial charge in [-0.3, -0.25) is 14.2 Å². The summed E-state index contributed by atoms with van der Waals surface area (Å²) in [6.45, 7) is 3.34. The zero-order valence-electron chi connectivity index (χ0n) is 19.8. The maximum atomic E-state index is 14.7. The molecular weight excluding hydrogens is 487 g/mol. The number of aryl methyl sites for hydroxylation is 1. The van der Waals surface area contributed by atoms with E-state index in [4.69, 9.17) is 0 Å². The summed E-state index contributed by atoms with van der Waals surface area (Å²) in [6.07, 6.45) is 1.70. The number of pyridine rings is 1. The Kier molecular flexibility index (Phi) is 6.44. The number of anilines is 1. The Morgan fingerprint density at radius 2 is 1.69 bits per heavy atom. The van der Waals surface area contributed by atoms with Crippen molar-refractivity contribution >= 4 is 32.3 Å². The van der Waals surface area contributed by atoms with Gasteiger partial charge in [-0.05, 0) is 81.9 Å². The van der Waals surface area contributed by atoms with Gasteiger partial charge in [0.1, 0.15) is 33.0 Å². The van der Waals surface area contributed by atoms with Crippen LogP contribution in [0.3, 0.4) is 0 Å². The fraction of sp³-hybridized carbons (Fsp3) is 0.259. The van der Waals surface area contributed by atoms with Crippen LogP contribution < -0.4 is 10.9 Å². The van der Waals surface area contributed by atoms with Crippen molar-refractivity contribution in [2.45, 2.75) is 25.8 Å². The van der Waals surface area contributed by atoms with Gasteiger partial charge in [0.2, 0.25) is 0 Å². The van der Waals surface area contributed by atoms with E-state index in [1.807, 2.05) is 7.05 Å². The summed E-state index contributed by atoms with van der Waals surface area (Å²) in [5.41, 5.74) is -0.192. The molecular formula is C27H24F3N3O2S. The van der Waals surface area contributed by atoms with Crippen molar-refractivity contribution in [2.24, 2.45) is 0 Å². The van der Waals surface area contributed by atoms with E-state index in [9.17, 15) is 22.8 Å². The minimum absolute atomic E-state index is 0.0844. The fourth-order valence-electron chi connectivity index (χ4n) is 4.59. The third kappa shape index (κ3) is 4.33. The Morgan fingerprint density at radius 1 is 1.00 bits per heavy atom. The van der Waals surface area contributed by atoms with Crippen molar-refractivity contribution in [1.29, 1.82) is 0 Å². The van der Waals surface area contributed by atoms with Gasteiger partial charge in [0.25, 0.3) is 5.56 Å². The average molecular weight is 512 g/mol. The normalized spacial score (nSPS) is 14.9. The molecule has 0 spiro atoms. The highest BCUT2D eigenvalue weighted by Crippen LogP contribution is 2.39. The molecule has 1 fully saturated rings. The Balaban J connectivity index is 1.73. The lowest BCUT2D eigenvalue weighted by atomic mass is 9.99. The number of nitrogens with one attached hydrogen (secondary N) is 1. The number of rotatable bonds is 5. The summed E-state index contributed by atoms with van der Waals surface area (Å²) in [6, 6.07) is 10.3. The number of piperidine rings is 1. The van der Waals surface area contributed by atoms with Crippen molar-refractivity contribution in [2.75, 3.05) is 25.5 Å². The Morgan fingerprint density at radius 3 is 2.36 bits per heavy atom. The number of thiophene rings is 1. The summed E-state index contributed by atoms with van der Waals surface area (Å²) in [5, 5.41) is 4.37. The number of benzene rings is 2. The van der Waals surface area contributed by atoms with Crippen LogP contribution in [0.5, 0.6) is 0 Å². The summed E-state index contributed by atoms with van der Waals surface area (Å²) in [7, 11) is 2.04. The quantitative estimate of drug-likeness (QED) is 0.359. The van der Waals surface area contributed by atoms with Crippen LogP contribution in [-0.4, -0.2) is 41.4 Å². The van der Waals surface area contributed by atoms with Gasteiger partial charge in [-0.15, -0.1) is 0 Å². The van der Waals surface area contributed by atoms with Crippen molar-refractivity contribution < 1.29 is 18.0 Å². The first-order chi connectivity index (χ1) is 17.2. The van der Waals surface area contributed by atoms with Crippen LogP contribution in [0.4, 0.5) is 18.2 Å². The number of para-hydroxylation sites is 1. The maximum Gasteiger partial charge on any atom is 0.256 e. The van der Waals surface area contributed by atoms with Gasteiger partial charge >= 0.3 is 0 Å². The molecule has 0 aliphatic carbocycles. The molecule has 1 aliphatic rings. The maximum absolute atomic E-state index is 14.7. The molecule has 2 aromatic carbocycles. The molecule has 1 aliphatic heterocycles. The van der Waals surface area contributed by atoms with Crippen LogP contribution in [0.15, 0.2) is 53.3 Å². The molecule has 0 unspecified atom stereocenters. The SMILES string of the molecule is Cc1cc(C(=O)c2c(NC3CCN(C)CC3)sc3c2ccc(=O)n3-c2c(F)cccc2F)ccc1F. The second-order valence-corrected chi connectivity index (χ2v) is 10.1. The van der Waals surface area contributed by atoms with Crippen LogP contribution >= 0.6 is 11.3 Å². The molecule has 3 heterocycles. The van der Waals surface area contributed by atoms with Gasteiger partial charge in [0.15, 0.2) is 5.78 Å². The van der Waals surface area contributed by atoms with E-state index in [1.54, 1.807) is 6.92 Å². The second-order valence-electron chi connectivity index (χ2n) is 9.12. The Labute approximate surface area is 209 Å². The lowest BCUT2D eigenvalue weighted by Gasteiger charge is -2.30. The van der Waals surface area contributed by atoms with Gasteiger partial charge < -0.3 is 10.2 Å². The third-order valence-corrected chi connectivity index (χ3v) is 7.73. The highest BCUT2D eigenvalue weighted by atomic mass is 32.1. The van der Waals surface area contributed by atoms with E-state index in [2.05, 4.69) is 10.2 Å². The van der Waals surface area contributed by atoms with E-state index in [-0.39, 0.29) is 22.2 Å². The molecule has 4 aromatic rings. The van der Waals surface area contributed by atoms with Crippen LogP contribution in [0, 0.1) is 24.4 Å². The van der Waals surface area contributed by atoms with Gasteiger partial charge in [0, 0.05) is 23.1 Å². The Bertz CT molecular complexity index is 1520. The number of ketones is 1. The average Bonchev–Trinajstić information content (AvgIpc) is 3.20. The largest absolute Gasteiger partial charge is 0.373 e. The number of nitrogens with zero attached hydrogens (tertiary/aromatic N) is 2. The number of hydrogen-bond donors (Lipinski definition) is 1. The van der Waals surface area contributed by atoms with Crippen molar-refractivity contribution in [1.82, 2.24) is 9.47 Å². The van der Waals surface area contributed by atoms with Crippen molar-refractivity contribution in [3.05, 3.63) is 93.0 Å². The summed E-state index contributed by atoms with van der Waals surface area (Å²) >= 11 is 1.11. The first-order valence-electron chi connectivity index (χ1n) is 11.6. The van der Waals surface area contributed by atoms with Crippen LogP contribution in [0.25, 0.3) is 15.9 Å². The molecule has 36 heavy (non-hydrogen) atoms. The second kappa shape index (κ2) is 9.55. The lowest BCUT2D eigenvalue weighted by molar-refractivity contribution is 0.104. The molecule has 186 valence electrons. The van der Waals surface area contributed by atoms with Gasteiger partial charge in [-0.1, -0.05) is 17.4 Å². The van der Waals surface area contributed by atoms with E-state index >= 15 is 0 Å². The molecule has 0 saturated carbocycles. The monoisotopic (exact) mass is 511 g/mol. The molecule has 0 atom stereocenters. The molecule has 0 bridgehead atoms. The molecule has 5 rings (SSSR count). The third-order valence-electron chi connectivity index (χ3n) is 6.60. The summed E-state index contributed by atoms with van der Waals surface area (Å²) in [5.74, 6) is -2.55. The molecule has 1 saturated heterocycles. The van der Waals surface area contributed by atoms with Crippen LogP contribution in [0.2, 0.25) is 0 Å². The van der Waals surface area contributed by atoms with E-state index in [1.165, 1.54) is 36.4 Å². The molecule has 0 amide bonds. The van der Waals surface area contributed by atoms with Crippen LogP contribution in [0.1, 0.15) is 34.3 Å². The molecule has 9 heteroatoms. The minimum atomic E-state index is -0.884. The topological polar surface area (TPSA) is 54.3 Å². The smallest absolute Gasteiger partial charge is 0.256 e. The number of aromatic nitrogens is 1. The van der Waals surface area contributed by atoms with Gasteiger partial charge in [-0.25, -0.2) is 13.2 Å². The minimum Gasteiger partial charge on any atom is -0.373 e. The number of likely N-dealkylation sites (tertiary alicyclic amines) is 1. The number of hydrogen-bond acceptors (Lipinski definition) is 5. The first kappa shape index (κ1) is 24.3. The summed E-state index contributed by atoms with van der Waals surface area (Å²) in [4.78, 5) is 29.1. The van der Waals surface area contributed by atoms with E-state index in [0.717, 1.165) is 54.0 Å². The highest BCUT2D eigenvalue weighted by molar-refractivity contribution is 7.23. The van der Waals surface area contributed by atoms with Crippen LogP contribution in [-0.2, 0) is 0 Å². The number of halogens is 3. The first-order valence-corrected chi connectivity index (χ1v) is 12.4. The van der Waals surface area contributed by atoms with Gasteiger partial charge in [0.05, 0.1) is 5.56 Å². The molecule has 1 N–H and O–H groups in total. The predicted octanol–water partition coefficient (Wildman–Crippen LogP) is 5.52. The van der Waals surface area contributed by atoms with E-state index in [0.29, 0.717) is 21.5 Å². The lowest BCUT2D eigenvalue weighted by Crippen LogP contribution is -2.36. The van der Waals surface area contributed by atoms with Crippen molar-refractivity contribution in [3.63, 3.8) is 0 Å². The molecule has 0 radical (unpaired) electrons. The molecule has 2 aromatic heterocycles. The predicted molar refractivity (Wildman–Crippen MR) is 136 cm³/mol.